The number of carbonyl (C=O) groups excluding carboxylic acids is 3. The monoisotopic (exact) mass is 439 g/mol. The molecule has 9 nitrogen and oxygen atoms in total. The fraction of sp³-hybridized carbons (Fsp3) is 0.348. The number of fused-ring (bicyclic) bond motifs is 1. The summed E-state index contributed by atoms with van der Waals surface area (Å²) in [4.78, 5) is 38.4. The minimum atomic E-state index is -0.739. The maximum Gasteiger partial charge on any atom is 0.313 e. The standard InChI is InChI=1S/C23H25N3O6/c27-21(6-4-18-2-1-11-30-18)26-9-7-16(8-10-26)15-24-22(28)23(29)25-17-3-5-19-20(14-17)32-13-12-31-19/h1-6,11,14,16H,7-10,12-13,15H2,(H,24,28)(H,25,29)/b6-4+. The van der Waals surface area contributed by atoms with Crippen molar-refractivity contribution in [1.82, 2.24) is 10.2 Å². The van der Waals surface area contributed by atoms with Gasteiger partial charge in [0.05, 0.1) is 6.26 Å². The van der Waals surface area contributed by atoms with Crippen molar-refractivity contribution in [3.63, 3.8) is 0 Å². The van der Waals surface area contributed by atoms with Crippen LogP contribution in [-0.2, 0) is 14.4 Å². The summed E-state index contributed by atoms with van der Waals surface area (Å²) in [6.07, 6.45) is 6.22. The number of amides is 3. The highest BCUT2D eigenvalue weighted by Gasteiger charge is 2.23. The fourth-order valence-corrected chi connectivity index (χ4v) is 3.63. The molecule has 1 fully saturated rings. The van der Waals surface area contributed by atoms with E-state index < -0.39 is 11.8 Å². The molecule has 0 spiro atoms. The third kappa shape index (κ3) is 5.48. The molecular formula is C23H25N3O6. The Hall–Kier alpha value is -3.75. The molecule has 32 heavy (non-hydrogen) atoms. The SMILES string of the molecule is O=C(NCC1CCN(C(=O)/C=C/c2ccco2)CC1)C(=O)Nc1ccc2c(c1)OCCO2. The zero-order valence-corrected chi connectivity index (χ0v) is 17.5. The minimum absolute atomic E-state index is 0.0670. The van der Waals surface area contributed by atoms with Gasteiger partial charge in [-0.05, 0) is 49.1 Å². The van der Waals surface area contributed by atoms with Gasteiger partial charge >= 0.3 is 11.8 Å². The molecule has 2 aliphatic heterocycles. The molecule has 0 bridgehead atoms. The topological polar surface area (TPSA) is 110 Å². The van der Waals surface area contributed by atoms with Gasteiger partial charge in [0.25, 0.3) is 0 Å². The van der Waals surface area contributed by atoms with Crippen LogP contribution < -0.4 is 20.1 Å². The highest BCUT2D eigenvalue weighted by atomic mass is 16.6. The van der Waals surface area contributed by atoms with E-state index in [0.717, 1.165) is 12.8 Å². The van der Waals surface area contributed by atoms with Crippen molar-refractivity contribution in [2.45, 2.75) is 12.8 Å². The molecule has 0 unspecified atom stereocenters. The van der Waals surface area contributed by atoms with E-state index >= 15 is 0 Å². The summed E-state index contributed by atoms with van der Waals surface area (Å²) in [6.45, 7) is 2.51. The number of furan rings is 1. The van der Waals surface area contributed by atoms with E-state index in [0.29, 0.717) is 55.8 Å². The lowest BCUT2D eigenvalue weighted by Gasteiger charge is -2.31. The number of nitrogens with zero attached hydrogens (tertiary/aromatic N) is 1. The lowest BCUT2D eigenvalue weighted by molar-refractivity contribution is -0.136. The first-order valence-electron chi connectivity index (χ1n) is 10.6. The molecule has 3 heterocycles. The summed E-state index contributed by atoms with van der Waals surface area (Å²) in [5.41, 5.74) is 0.462. The van der Waals surface area contributed by atoms with E-state index in [4.69, 9.17) is 13.9 Å². The molecular weight excluding hydrogens is 414 g/mol. The van der Waals surface area contributed by atoms with Gasteiger partial charge in [0, 0.05) is 37.5 Å². The van der Waals surface area contributed by atoms with Crippen LogP contribution in [0.25, 0.3) is 6.08 Å². The Labute approximate surface area is 185 Å². The van der Waals surface area contributed by atoms with Gasteiger partial charge in [-0.25, -0.2) is 0 Å². The maximum atomic E-state index is 12.3. The maximum absolute atomic E-state index is 12.3. The van der Waals surface area contributed by atoms with Gasteiger partial charge in [0.15, 0.2) is 11.5 Å². The van der Waals surface area contributed by atoms with Crippen LogP contribution in [0.4, 0.5) is 5.69 Å². The van der Waals surface area contributed by atoms with Gasteiger partial charge in [-0.2, -0.15) is 0 Å². The molecule has 3 amide bonds. The number of hydrogen-bond donors (Lipinski definition) is 2. The molecule has 0 atom stereocenters. The summed E-state index contributed by atoms with van der Waals surface area (Å²) in [5.74, 6) is 0.485. The second-order valence-electron chi connectivity index (χ2n) is 7.64. The van der Waals surface area contributed by atoms with E-state index in [9.17, 15) is 14.4 Å². The molecule has 2 N–H and O–H groups in total. The molecule has 0 saturated carbocycles. The number of anilines is 1. The zero-order valence-electron chi connectivity index (χ0n) is 17.5. The van der Waals surface area contributed by atoms with Crippen LogP contribution in [0.3, 0.4) is 0 Å². The highest BCUT2D eigenvalue weighted by molar-refractivity contribution is 6.39. The van der Waals surface area contributed by atoms with E-state index in [1.54, 1.807) is 47.6 Å². The first-order valence-corrected chi connectivity index (χ1v) is 10.6. The lowest BCUT2D eigenvalue weighted by atomic mass is 9.96. The largest absolute Gasteiger partial charge is 0.486 e. The summed E-state index contributed by atoms with van der Waals surface area (Å²) < 4.78 is 16.1. The van der Waals surface area contributed by atoms with Crippen LogP contribution >= 0.6 is 0 Å². The van der Waals surface area contributed by atoms with Crippen LogP contribution in [-0.4, -0.2) is 55.5 Å². The molecule has 0 radical (unpaired) electrons. The molecule has 1 aromatic heterocycles. The smallest absolute Gasteiger partial charge is 0.313 e. The lowest BCUT2D eigenvalue weighted by Crippen LogP contribution is -2.43. The van der Waals surface area contributed by atoms with Crippen LogP contribution in [0.5, 0.6) is 11.5 Å². The van der Waals surface area contributed by atoms with Crippen LogP contribution in [0.15, 0.2) is 47.1 Å². The van der Waals surface area contributed by atoms with Crippen molar-refractivity contribution in [2.75, 3.05) is 38.2 Å². The predicted molar refractivity (Wildman–Crippen MR) is 116 cm³/mol. The number of carbonyl (C=O) groups is 3. The van der Waals surface area contributed by atoms with Gasteiger partial charge in [-0.1, -0.05) is 0 Å². The Balaban J connectivity index is 1.18. The summed E-state index contributed by atoms with van der Waals surface area (Å²) >= 11 is 0. The Kier molecular flexibility index (Phi) is 6.74. The van der Waals surface area contributed by atoms with E-state index in [1.165, 1.54) is 6.08 Å². The quantitative estimate of drug-likeness (QED) is 0.545. The second-order valence-corrected chi connectivity index (χ2v) is 7.64. The fourth-order valence-electron chi connectivity index (χ4n) is 3.63. The van der Waals surface area contributed by atoms with Gasteiger partial charge < -0.3 is 29.4 Å². The normalized spacial score (nSPS) is 16.1. The van der Waals surface area contributed by atoms with Crippen LogP contribution in [0, 0.1) is 5.92 Å². The third-order valence-corrected chi connectivity index (χ3v) is 5.42. The van der Waals surface area contributed by atoms with Gasteiger partial charge in [-0.3, -0.25) is 14.4 Å². The average molecular weight is 439 g/mol. The number of piperidine rings is 1. The summed E-state index contributed by atoms with van der Waals surface area (Å²) in [5, 5.41) is 5.26. The third-order valence-electron chi connectivity index (χ3n) is 5.42. The molecule has 168 valence electrons. The summed E-state index contributed by atoms with van der Waals surface area (Å²) in [7, 11) is 0. The van der Waals surface area contributed by atoms with Crippen molar-refractivity contribution in [2.24, 2.45) is 5.92 Å². The second kappa shape index (κ2) is 10.0. The van der Waals surface area contributed by atoms with Crippen molar-refractivity contribution in [3.05, 3.63) is 48.4 Å². The van der Waals surface area contributed by atoms with Crippen LogP contribution in [0.2, 0.25) is 0 Å². The van der Waals surface area contributed by atoms with Gasteiger partial charge in [0.2, 0.25) is 5.91 Å². The molecule has 4 rings (SSSR count). The molecule has 1 saturated heterocycles. The highest BCUT2D eigenvalue weighted by Crippen LogP contribution is 2.32. The Bertz CT molecular complexity index is 993. The predicted octanol–water partition coefficient (Wildman–Crippen LogP) is 2.06. The molecule has 1 aromatic carbocycles. The zero-order chi connectivity index (χ0) is 22.3. The average Bonchev–Trinajstić information content (AvgIpc) is 3.35. The van der Waals surface area contributed by atoms with Gasteiger partial charge in [-0.15, -0.1) is 0 Å². The number of hydrogen-bond acceptors (Lipinski definition) is 6. The number of benzene rings is 1. The summed E-state index contributed by atoms with van der Waals surface area (Å²) in [6, 6.07) is 8.53. The molecule has 9 heteroatoms. The Morgan fingerprint density at radius 1 is 1.03 bits per heavy atom. The number of nitrogens with one attached hydrogen (secondary N) is 2. The first-order chi connectivity index (χ1) is 15.6. The van der Waals surface area contributed by atoms with Crippen molar-refractivity contribution >= 4 is 29.5 Å². The molecule has 2 aromatic rings. The van der Waals surface area contributed by atoms with Crippen LogP contribution in [0.1, 0.15) is 18.6 Å². The van der Waals surface area contributed by atoms with E-state index in [1.807, 2.05) is 0 Å². The van der Waals surface area contributed by atoms with Crippen molar-refractivity contribution in [3.8, 4) is 11.5 Å². The molecule has 0 aliphatic carbocycles. The minimum Gasteiger partial charge on any atom is -0.486 e. The number of likely N-dealkylation sites (tertiary alicyclic amines) is 1. The van der Waals surface area contributed by atoms with Crippen molar-refractivity contribution < 1.29 is 28.3 Å². The molecule has 2 aliphatic rings. The first kappa shape index (κ1) is 21.5. The van der Waals surface area contributed by atoms with Gasteiger partial charge in [0.1, 0.15) is 19.0 Å². The van der Waals surface area contributed by atoms with E-state index in [2.05, 4.69) is 10.6 Å². The van der Waals surface area contributed by atoms with E-state index in [-0.39, 0.29) is 11.8 Å². The number of rotatable bonds is 5. The Morgan fingerprint density at radius 2 is 1.81 bits per heavy atom. The van der Waals surface area contributed by atoms with Crippen molar-refractivity contribution in [1.29, 1.82) is 0 Å². The number of ether oxygens (including phenoxy) is 2. The Morgan fingerprint density at radius 3 is 2.56 bits per heavy atom.